The largest absolute Gasteiger partial charge is 0.508 e. The average molecular weight is 982 g/mol. The first-order valence-corrected chi connectivity index (χ1v) is 24.6. The maximum Gasteiger partial charge on any atom is 0.254 e. The van der Waals surface area contributed by atoms with E-state index in [1.54, 1.807) is 23.7 Å². The predicted octanol–water partition coefficient (Wildman–Crippen LogP) is 10.2. The number of fused-ring (bicyclic) bond motifs is 3. The molecule has 2 fully saturated rings. The van der Waals surface area contributed by atoms with Gasteiger partial charge in [0.2, 0.25) is 11.9 Å². The van der Waals surface area contributed by atoms with Crippen molar-refractivity contribution >= 4 is 58.0 Å². The zero-order valence-electron chi connectivity index (χ0n) is 40.8. The SMILES string of the molecule is Cc1sc2c(c1C)C(c1ccc(Cl)cc1)=N[C@@H](CC(=O)NC(C)(C)CC(C)(C)OC1CCN(c3ncc(C(=O)NC4C(C)(C)CC4(C)C)cn3)CC1)c1nnc(C)n1-2.N#Cc1ccc(O)cc1Cl. The van der Waals surface area contributed by atoms with E-state index in [0.29, 0.717) is 34.3 Å². The van der Waals surface area contributed by atoms with E-state index in [2.05, 4.69) is 95.7 Å². The highest BCUT2D eigenvalue weighted by atomic mass is 35.5. The van der Waals surface area contributed by atoms with Gasteiger partial charge < -0.3 is 25.4 Å². The van der Waals surface area contributed by atoms with Crippen LogP contribution in [0.25, 0.3) is 5.00 Å². The van der Waals surface area contributed by atoms with E-state index >= 15 is 0 Å². The molecule has 5 aromatic rings. The van der Waals surface area contributed by atoms with Crippen molar-refractivity contribution in [2.24, 2.45) is 15.8 Å². The first-order chi connectivity index (χ1) is 31.9. The monoisotopic (exact) mass is 980 g/mol. The van der Waals surface area contributed by atoms with E-state index < -0.39 is 17.2 Å². The van der Waals surface area contributed by atoms with Gasteiger partial charge in [-0.3, -0.25) is 19.1 Å². The van der Waals surface area contributed by atoms with Gasteiger partial charge in [0.15, 0.2) is 5.82 Å². The fourth-order valence-electron chi connectivity index (χ4n) is 10.6. The van der Waals surface area contributed by atoms with E-state index in [0.717, 1.165) is 65.6 Å². The fourth-order valence-corrected chi connectivity index (χ4v) is 12.2. The Morgan fingerprint density at radius 3 is 2.22 bits per heavy atom. The molecular weight excluding hydrogens is 920 g/mol. The maximum atomic E-state index is 14.0. The molecule has 5 heterocycles. The van der Waals surface area contributed by atoms with Crippen LogP contribution in [0.5, 0.6) is 5.75 Å². The van der Waals surface area contributed by atoms with Gasteiger partial charge in [-0.2, -0.15) is 5.26 Å². The summed E-state index contributed by atoms with van der Waals surface area (Å²) in [5.74, 6) is 1.84. The zero-order valence-corrected chi connectivity index (χ0v) is 43.1. The van der Waals surface area contributed by atoms with E-state index in [9.17, 15) is 9.59 Å². The second-order valence-electron chi connectivity index (χ2n) is 20.9. The van der Waals surface area contributed by atoms with Crippen LogP contribution in [-0.2, 0) is 9.53 Å². The molecule has 1 atom stereocenters. The van der Waals surface area contributed by atoms with Crippen LogP contribution in [0.15, 0.2) is 59.9 Å². The van der Waals surface area contributed by atoms with Gasteiger partial charge in [0.25, 0.3) is 5.91 Å². The standard InChI is InChI=1S/C44H58ClN9O3S.C7H4ClNO/c1-25-26(2)58-38-34(25)35(28-12-14-30(45)15-13-28)48-32(36-52-51-27(3)54(36)38)20-33(55)50-43(8,9)24-44(10,11)57-31-16-18-53(19-17-31)40-46-21-29(22-47-40)37(56)49-39-41(4,5)23-42(39,6)7;8-7-3-6(10)2-1-5(7)4-9/h12-15,21-22,31-32,39H,16-20,23-24H2,1-11H3,(H,49,56)(H,50,55);1-3,10H/t32-;/m0./s1. The third kappa shape index (κ3) is 11.2. The Balaban J connectivity index is 0.000000608. The average Bonchev–Trinajstić information content (AvgIpc) is 3.73. The van der Waals surface area contributed by atoms with E-state index in [1.807, 2.05) is 51.1 Å². The summed E-state index contributed by atoms with van der Waals surface area (Å²) in [6.45, 7) is 24.7. The number of aromatic hydroxyl groups is 1. The molecular formula is C51H62Cl2N10O4S. The van der Waals surface area contributed by atoms with Gasteiger partial charge >= 0.3 is 0 Å². The lowest BCUT2D eigenvalue weighted by Crippen LogP contribution is -2.63. The van der Waals surface area contributed by atoms with Gasteiger partial charge in [-0.1, -0.05) is 63.0 Å². The molecule has 17 heteroatoms. The number of ether oxygens (including phenoxy) is 1. The van der Waals surface area contributed by atoms with Crippen LogP contribution in [0.4, 0.5) is 5.95 Å². The van der Waals surface area contributed by atoms with Crippen LogP contribution in [0, 0.1) is 42.9 Å². The van der Waals surface area contributed by atoms with Crippen LogP contribution in [0.1, 0.15) is 143 Å². The quantitative estimate of drug-likeness (QED) is 0.115. The minimum atomic E-state index is -0.573. The number of hydrogen-bond donors (Lipinski definition) is 3. The summed E-state index contributed by atoms with van der Waals surface area (Å²) >= 11 is 13.5. The maximum absolute atomic E-state index is 14.0. The summed E-state index contributed by atoms with van der Waals surface area (Å²) < 4.78 is 8.79. The summed E-state index contributed by atoms with van der Waals surface area (Å²) in [5, 5.41) is 34.7. The topological polar surface area (TPSA) is 184 Å². The van der Waals surface area contributed by atoms with Crippen LogP contribution in [0.3, 0.4) is 0 Å². The van der Waals surface area contributed by atoms with Crippen molar-refractivity contribution in [1.82, 2.24) is 35.4 Å². The van der Waals surface area contributed by atoms with Crippen molar-refractivity contribution in [1.29, 1.82) is 5.26 Å². The highest BCUT2D eigenvalue weighted by Crippen LogP contribution is 2.53. The molecule has 3 aliphatic rings. The second-order valence-corrected chi connectivity index (χ2v) is 22.9. The number of benzene rings is 2. The predicted molar refractivity (Wildman–Crippen MR) is 268 cm³/mol. The third-order valence-electron chi connectivity index (χ3n) is 13.0. The summed E-state index contributed by atoms with van der Waals surface area (Å²) in [6.07, 6.45) is 6.71. The van der Waals surface area contributed by atoms with Crippen LogP contribution >= 0.6 is 34.5 Å². The number of rotatable bonds is 11. The van der Waals surface area contributed by atoms with E-state index in [4.69, 9.17) is 43.3 Å². The smallest absolute Gasteiger partial charge is 0.254 e. The van der Waals surface area contributed by atoms with Crippen molar-refractivity contribution in [3.05, 3.63) is 109 Å². The Hall–Kier alpha value is -5.40. The first kappa shape index (κ1) is 50.5. The fraction of sp³-hybridized carbons (Fsp3) is 0.490. The minimum absolute atomic E-state index is 0.0478. The molecule has 2 aliphatic heterocycles. The van der Waals surface area contributed by atoms with Gasteiger partial charge in [0, 0.05) is 58.1 Å². The molecule has 1 aliphatic carbocycles. The molecule has 1 saturated carbocycles. The summed E-state index contributed by atoms with van der Waals surface area (Å²) in [7, 11) is 0. The third-order valence-corrected chi connectivity index (χ3v) is 14.8. The molecule has 3 aromatic heterocycles. The molecule has 14 nitrogen and oxygen atoms in total. The number of phenols is 1. The van der Waals surface area contributed by atoms with Crippen LogP contribution < -0.4 is 15.5 Å². The number of aliphatic imine (C=N–C) groups is 1. The normalized spacial score (nSPS) is 17.9. The number of hydrogen-bond acceptors (Lipinski definition) is 12. The number of aromatic nitrogens is 5. The van der Waals surface area contributed by atoms with Gasteiger partial charge in [0.05, 0.1) is 40.0 Å². The highest BCUT2D eigenvalue weighted by Gasteiger charge is 2.53. The number of aryl methyl sites for hydroxylation is 2. The minimum Gasteiger partial charge on any atom is -0.508 e. The van der Waals surface area contributed by atoms with Crippen LogP contribution in [-0.4, -0.2) is 83.7 Å². The first-order valence-electron chi connectivity index (χ1n) is 23.0. The van der Waals surface area contributed by atoms with Crippen LogP contribution in [0.2, 0.25) is 10.0 Å². The molecule has 3 N–H and O–H groups in total. The number of nitrogens with one attached hydrogen (secondary N) is 2. The number of piperidine rings is 1. The van der Waals surface area contributed by atoms with Crippen molar-refractivity contribution in [3.63, 3.8) is 0 Å². The zero-order chi connectivity index (χ0) is 49.5. The number of phenolic OH excluding ortho intramolecular Hbond substituents is 1. The number of carbonyl (C=O) groups excluding carboxylic acids is 2. The molecule has 8 rings (SSSR count). The molecule has 1 saturated heterocycles. The summed E-state index contributed by atoms with van der Waals surface area (Å²) in [4.78, 5) is 44.8. The number of anilines is 1. The lowest BCUT2D eigenvalue weighted by atomic mass is 9.52. The Kier molecular flexibility index (Phi) is 14.5. The molecule has 2 amide bonds. The summed E-state index contributed by atoms with van der Waals surface area (Å²) in [5.41, 5.74) is 3.82. The molecule has 2 aromatic carbocycles. The molecule has 68 heavy (non-hydrogen) atoms. The number of carbonyl (C=O) groups is 2. The highest BCUT2D eigenvalue weighted by molar-refractivity contribution is 7.15. The molecule has 0 spiro atoms. The Labute approximate surface area is 413 Å². The number of nitrogens with zero attached hydrogens (tertiary/aromatic N) is 8. The van der Waals surface area contributed by atoms with Crippen molar-refractivity contribution in [2.45, 2.75) is 138 Å². The molecule has 0 unspecified atom stereocenters. The Morgan fingerprint density at radius 1 is 0.971 bits per heavy atom. The van der Waals surface area contributed by atoms with Gasteiger partial charge in [-0.25, -0.2) is 9.97 Å². The summed E-state index contributed by atoms with van der Waals surface area (Å²) in [6, 6.07) is 13.3. The van der Waals surface area contributed by atoms with Crippen molar-refractivity contribution in [3.8, 4) is 16.8 Å². The Bertz CT molecular complexity index is 2730. The number of halogens is 2. The second kappa shape index (κ2) is 19.5. The Morgan fingerprint density at radius 2 is 1.62 bits per heavy atom. The number of thiophene rings is 1. The van der Waals surface area contributed by atoms with Gasteiger partial charge in [-0.15, -0.1) is 21.5 Å². The van der Waals surface area contributed by atoms with E-state index in [1.165, 1.54) is 23.1 Å². The molecule has 0 radical (unpaired) electrons. The molecule has 0 bridgehead atoms. The number of amides is 2. The van der Waals surface area contributed by atoms with Crippen molar-refractivity contribution in [2.75, 3.05) is 18.0 Å². The van der Waals surface area contributed by atoms with Crippen molar-refractivity contribution < 1.29 is 19.4 Å². The van der Waals surface area contributed by atoms with E-state index in [-0.39, 0.29) is 52.0 Å². The lowest BCUT2D eigenvalue weighted by Gasteiger charge is -2.57. The molecule has 360 valence electrons. The number of nitriles is 1. The lowest BCUT2D eigenvalue weighted by molar-refractivity contribution is -0.125. The van der Waals surface area contributed by atoms with Gasteiger partial charge in [0.1, 0.15) is 28.7 Å². The van der Waals surface area contributed by atoms with Gasteiger partial charge in [-0.05, 0) is 121 Å².